The van der Waals surface area contributed by atoms with Crippen LogP contribution in [0.5, 0.6) is 5.75 Å². The Kier molecular flexibility index (Phi) is 6.72. The van der Waals surface area contributed by atoms with E-state index in [0.29, 0.717) is 17.1 Å². The van der Waals surface area contributed by atoms with Gasteiger partial charge < -0.3 is 4.74 Å². The first kappa shape index (κ1) is 17.3. The first-order chi connectivity index (χ1) is 10.3. The van der Waals surface area contributed by atoms with E-state index in [1.165, 1.54) is 0 Å². The van der Waals surface area contributed by atoms with Gasteiger partial charge >= 0.3 is 17.1 Å². The van der Waals surface area contributed by atoms with E-state index in [-0.39, 0.29) is 22.9 Å². The monoisotopic (exact) mass is 330 g/mol. The molecule has 2 fully saturated rings. The van der Waals surface area contributed by atoms with Crippen molar-refractivity contribution in [1.29, 1.82) is 0 Å². The number of hydrogen-bond acceptors (Lipinski definition) is 2. The second kappa shape index (κ2) is 8.55. The van der Waals surface area contributed by atoms with Crippen LogP contribution < -0.4 is 4.74 Å². The van der Waals surface area contributed by atoms with Gasteiger partial charge in [0.2, 0.25) is 5.78 Å². The average Bonchev–Trinajstić information content (AvgIpc) is 3.25. The largest absolute Gasteiger partial charge is 2.00 e. The quantitative estimate of drug-likeness (QED) is 0.581. The fourth-order valence-corrected chi connectivity index (χ4v) is 2.09. The van der Waals surface area contributed by atoms with Gasteiger partial charge in [-0.05, 0) is 76.0 Å². The average molecular weight is 330 g/mol. The number of allylic oxidation sites excluding steroid dienone is 2. The first-order valence-electron chi connectivity index (χ1n) is 6.76. The Morgan fingerprint density at radius 3 is 2.00 bits per heavy atom. The third-order valence-electron chi connectivity index (χ3n) is 3.12. The van der Waals surface area contributed by atoms with Crippen molar-refractivity contribution in [2.24, 2.45) is 0 Å². The predicted octanol–water partition coefficient (Wildman–Crippen LogP) is 3.57. The van der Waals surface area contributed by atoms with E-state index in [1.54, 1.807) is 18.2 Å². The molecule has 0 N–H and O–H groups in total. The van der Waals surface area contributed by atoms with Gasteiger partial charge in [0.05, 0.1) is 5.56 Å². The van der Waals surface area contributed by atoms with Crippen LogP contribution in [-0.4, -0.2) is 5.78 Å². The van der Waals surface area contributed by atoms with Gasteiger partial charge in [-0.1, -0.05) is 12.1 Å². The minimum atomic E-state index is -0.0446. The summed E-state index contributed by atoms with van der Waals surface area (Å²) in [4.78, 5) is 11.9. The number of rotatable bonds is 1. The van der Waals surface area contributed by atoms with Crippen molar-refractivity contribution < 1.29 is 26.6 Å². The van der Waals surface area contributed by atoms with Crippen molar-refractivity contribution in [3.8, 4) is 5.75 Å². The number of ketones is 1. The van der Waals surface area contributed by atoms with Gasteiger partial charge in [-0.15, -0.1) is 0 Å². The predicted molar refractivity (Wildman–Crippen MR) is 81.4 cm³/mol. The molecule has 10 radical (unpaired) electrons. The minimum absolute atomic E-state index is 0. The van der Waals surface area contributed by atoms with Crippen LogP contribution in [0.4, 0.5) is 0 Å². The zero-order valence-corrected chi connectivity index (χ0v) is 12.9. The Bertz CT molecular complexity index is 518. The summed E-state index contributed by atoms with van der Waals surface area (Å²) in [6, 6.07) is 7.28. The normalized spacial score (nSPS) is 21.8. The molecule has 22 heavy (non-hydrogen) atoms. The van der Waals surface area contributed by atoms with Crippen molar-refractivity contribution in [3.05, 3.63) is 105 Å². The molecule has 0 bridgehead atoms. The molecule has 1 heterocycles. The number of hydrogen-bond donors (Lipinski definition) is 0. The zero-order valence-electron chi connectivity index (χ0n) is 11.8. The van der Waals surface area contributed by atoms with Crippen molar-refractivity contribution in [1.82, 2.24) is 0 Å². The Morgan fingerprint density at radius 2 is 1.41 bits per heavy atom. The van der Waals surface area contributed by atoms with E-state index < -0.39 is 0 Å². The van der Waals surface area contributed by atoms with E-state index in [1.807, 2.05) is 69.9 Å². The topological polar surface area (TPSA) is 26.3 Å². The Balaban J connectivity index is 0.000000253. The number of fused-ring (bicyclic) bond motifs is 1. The maximum atomic E-state index is 11.9. The fraction of sp³-hybridized carbons (Fsp3) is 0. The first-order valence-corrected chi connectivity index (χ1v) is 6.76. The third-order valence-corrected chi connectivity index (χ3v) is 3.12. The Morgan fingerprint density at radius 1 is 0.818 bits per heavy atom. The number of benzene rings is 1. The second-order valence-electron chi connectivity index (χ2n) is 4.62. The number of carbonyl (C=O) groups is 1. The van der Waals surface area contributed by atoms with Crippen LogP contribution in [-0.2, 0) is 17.1 Å². The molecule has 1 aliphatic heterocycles. The summed E-state index contributed by atoms with van der Waals surface area (Å²) in [5, 5.41) is 0. The maximum Gasteiger partial charge on any atom is 2.00 e. The molecule has 0 atom stereocenters. The Hall–Kier alpha value is -1.05. The smallest absolute Gasteiger partial charge is 0.453 e. The molecule has 1 aromatic carbocycles. The molecule has 0 spiro atoms. The molecule has 3 heteroatoms. The standard InChI is InChI=1S/C14H9O2.C5H5.Fe/c15-14-11-7-3-4-8-12(11)16-13(14)9-10-5-1-2-6-10;1-2-4-5-3-1;/h1-9H;1-5H;/q;;+2/b13-9-;;. The number of para-hydroxylation sites is 1. The molecule has 2 aliphatic carbocycles. The molecule has 2 saturated carbocycles. The Labute approximate surface area is 143 Å². The van der Waals surface area contributed by atoms with Crippen molar-refractivity contribution >= 4 is 5.78 Å². The van der Waals surface area contributed by atoms with E-state index in [9.17, 15) is 4.79 Å². The molecule has 3 aliphatic rings. The molecule has 1 aromatic rings. The molecular formula is C19H14FeO2+2. The zero-order chi connectivity index (χ0) is 14.5. The number of ether oxygens (including phenoxy) is 1. The summed E-state index contributed by atoms with van der Waals surface area (Å²) < 4.78 is 5.50. The summed E-state index contributed by atoms with van der Waals surface area (Å²) in [5.41, 5.74) is 0.639. The fourth-order valence-electron chi connectivity index (χ4n) is 2.09. The van der Waals surface area contributed by atoms with Gasteiger partial charge in [0.25, 0.3) is 0 Å². The van der Waals surface area contributed by atoms with Crippen LogP contribution >= 0.6 is 0 Å². The van der Waals surface area contributed by atoms with Crippen molar-refractivity contribution in [2.75, 3.05) is 0 Å². The summed E-state index contributed by atoms with van der Waals surface area (Å²) in [6.07, 6.45) is 19.5. The number of Topliss-reactive ketones (excluding diaryl/α,β-unsaturated/α-hetero) is 1. The van der Waals surface area contributed by atoms with Crippen LogP contribution in [0.15, 0.2) is 36.1 Å². The molecular weight excluding hydrogens is 316 g/mol. The van der Waals surface area contributed by atoms with Crippen LogP contribution in [0.3, 0.4) is 0 Å². The van der Waals surface area contributed by atoms with Gasteiger partial charge in [0, 0.05) is 5.92 Å². The van der Waals surface area contributed by atoms with Crippen LogP contribution in [0.25, 0.3) is 0 Å². The van der Waals surface area contributed by atoms with E-state index >= 15 is 0 Å². The third kappa shape index (κ3) is 4.24. The van der Waals surface area contributed by atoms with Gasteiger partial charge in [-0.2, -0.15) is 0 Å². The molecule has 0 saturated heterocycles. The van der Waals surface area contributed by atoms with Crippen LogP contribution in [0, 0.1) is 63.7 Å². The molecule has 2 nitrogen and oxygen atoms in total. The van der Waals surface area contributed by atoms with Crippen LogP contribution in [0.2, 0.25) is 0 Å². The van der Waals surface area contributed by atoms with E-state index in [0.717, 1.165) is 5.92 Å². The van der Waals surface area contributed by atoms with Gasteiger partial charge in [0.1, 0.15) is 5.75 Å². The second-order valence-corrected chi connectivity index (χ2v) is 4.62. The van der Waals surface area contributed by atoms with Gasteiger partial charge in [-0.3, -0.25) is 4.79 Å². The van der Waals surface area contributed by atoms with Gasteiger partial charge in [-0.25, -0.2) is 0 Å². The SMILES string of the molecule is O=C1/C(=C/[C]2[CH][CH][CH][CH]2)Oc2ccccc21.[CH]1[CH][CH][CH][CH]1.[Fe+2]. The maximum absolute atomic E-state index is 11.9. The minimum Gasteiger partial charge on any atom is -0.453 e. The summed E-state index contributed by atoms with van der Waals surface area (Å²) in [5.74, 6) is 1.98. The van der Waals surface area contributed by atoms with Crippen molar-refractivity contribution in [2.45, 2.75) is 0 Å². The van der Waals surface area contributed by atoms with Crippen LogP contribution in [0.1, 0.15) is 10.4 Å². The summed E-state index contributed by atoms with van der Waals surface area (Å²) >= 11 is 0. The molecule has 0 aromatic heterocycles. The number of carbonyl (C=O) groups excluding carboxylic acids is 1. The molecule has 4 rings (SSSR count). The molecule has 0 amide bonds. The van der Waals surface area contributed by atoms with E-state index in [2.05, 4.69) is 0 Å². The molecule has 0 unspecified atom stereocenters. The van der Waals surface area contributed by atoms with Crippen molar-refractivity contribution in [3.63, 3.8) is 0 Å². The summed E-state index contributed by atoms with van der Waals surface area (Å²) in [7, 11) is 0. The summed E-state index contributed by atoms with van der Waals surface area (Å²) in [6.45, 7) is 0. The van der Waals surface area contributed by atoms with E-state index in [4.69, 9.17) is 4.74 Å². The van der Waals surface area contributed by atoms with Gasteiger partial charge in [0.15, 0.2) is 5.76 Å². The molecule has 108 valence electrons.